The number of piperidine rings is 1. The first-order valence-electron chi connectivity index (χ1n) is 10.2. The van der Waals surface area contributed by atoms with E-state index in [9.17, 15) is 8.42 Å². The van der Waals surface area contributed by atoms with Crippen LogP contribution in [-0.4, -0.2) is 44.0 Å². The molecule has 0 spiro atoms. The molecule has 2 heterocycles. The quantitative estimate of drug-likeness (QED) is 0.852. The largest absolute Gasteiger partial charge is 0.300 e. The number of sulfonamides is 1. The molecular formula is C21H29N3O2S. The Kier molecular flexibility index (Phi) is 5.76. The molecule has 2 fully saturated rings. The zero-order valence-corrected chi connectivity index (χ0v) is 16.6. The van der Waals surface area contributed by atoms with Crippen molar-refractivity contribution in [1.82, 2.24) is 14.6 Å². The van der Waals surface area contributed by atoms with Crippen LogP contribution in [0.2, 0.25) is 0 Å². The molecule has 1 aromatic carbocycles. The summed E-state index contributed by atoms with van der Waals surface area (Å²) in [6.45, 7) is 2.69. The van der Waals surface area contributed by atoms with Gasteiger partial charge in [0.1, 0.15) is 4.90 Å². The molecule has 0 amide bonds. The number of benzene rings is 1. The van der Waals surface area contributed by atoms with E-state index in [4.69, 9.17) is 0 Å². The average Bonchev–Trinajstić information content (AvgIpc) is 2.73. The lowest BCUT2D eigenvalue weighted by Gasteiger charge is -2.40. The molecule has 5 nitrogen and oxygen atoms in total. The average molecular weight is 388 g/mol. The summed E-state index contributed by atoms with van der Waals surface area (Å²) in [5.74, 6) is 0.387. The van der Waals surface area contributed by atoms with Gasteiger partial charge in [0.05, 0.1) is 5.52 Å². The van der Waals surface area contributed by atoms with E-state index in [1.54, 1.807) is 18.3 Å². The summed E-state index contributed by atoms with van der Waals surface area (Å²) >= 11 is 0. The van der Waals surface area contributed by atoms with Gasteiger partial charge < -0.3 is 4.90 Å². The molecule has 1 N–H and O–H groups in total. The van der Waals surface area contributed by atoms with E-state index >= 15 is 0 Å². The van der Waals surface area contributed by atoms with Crippen LogP contribution in [0.3, 0.4) is 0 Å². The van der Waals surface area contributed by atoms with Gasteiger partial charge in [-0.2, -0.15) is 0 Å². The molecule has 1 aliphatic heterocycles. The van der Waals surface area contributed by atoms with Crippen LogP contribution in [0.1, 0.15) is 44.9 Å². The van der Waals surface area contributed by atoms with Crippen LogP contribution < -0.4 is 4.72 Å². The molecule has 2 aromatic rings. The number of fused-ring (bicyclic) bond motifs is 1. The second kappa shape index (κ2) is 8.25. The minimum absolute atomic E-state index is 0.278. The van der Waals surface area contributed by atoms with Crippen molar-refractivity contribution in [1.29, 1.82) is 0 Å². The van der Waals surface area contributed by atoms with Crippen molar-refractivity contribution >= 4 is 20.9 Å². The molecule has 1 unspecified atom stereocenters. The molecule has 1 saturated carbocycles. The van der Waals surface area contributed by atoms with Crippen molar-refractivity contribution in [2.45, 2.75) is 55.9 Å². The Morgan fingerprint density at radius 3 is 2.70 bits per heavy atom. The van der Waals surface area contributed by atoms with Gasteiger partial charge in [-0.3, -0.25) is 4.98 Å². The lowest BCUT2D eigenvalue weighted by Crippen LogP contribution is -2.46. The molecule has 27 heavy (non-hydrogen) atoms. The van der Waals surface area contributed by atoms with E-state index in [2.05, 4.69) is 14.6 Å². The normalized spacial score (nSPS) is 22.9. The van der Waals surface area contributed by atoms with Gasteiger partial charge >= 0.3 is 0 Å². The van der Waals surface area contributed by atoms with E-state index in [0.717, 1.165) is 18.4 Å². The van der Waals surface area contributed by atoms with Crippen LogP contribution in [0.5, 0.6) is 0 Å². The number of rotatable bonds is 5. The van der Waals surface area contributed by atoms with Crippen LogP contribution in [-0.2, 0) is 10.0 Å². The zero-order chi connectivity index (χ0) is 18.7. The topological polar surface area (TPSA) is 62.3 Å². The number of likely N-dealkylation sites (tertiary alicyclic amines) is 1. The SMILES string of the molecule is O=S(=O)(NCC1CCCN(C2CCCCC2)C1)c1cccc2cccnc12. The van der Waals surface area contributed by atoms with Crippen molar-refractivity contribution < 1.29 is 8.42 Å². The fourth-order valence-electron chi connectivity index (χ4n) is 4.64. The van der Waals surface area contributed by atoms with Gasteiger partial charge in [0.2, 0.25) is 10.0 Å². The highest BCUT2D eigenvalue weighted by Crippen LogP contribution is 2.27. The minimum atomic E-state index is -3.56. The maximum atomic E-state index is 12.9. The smallest absolute Gasteiger partial charge is 0.242 e. The fourth-order valence-corrected chi connectivity index (χ4v) is 5.93. The number of hydrogen-bond acceptors (Lipinski definition) is 4. The highest BCUT2D eigenvalue weighted by atomic mass is 32.2. The van der Waals surface area contributed by atoms with Gasteiger partial charge in [-0.15, -0.1) is 0 Å². The van der Waals surface area contributed by atoms with E-state index in [-0.39, 0.29) is 4.90 Å². The molecule has 1 aromatic heterocycles. The number of hydrogen-bond donors (Lipinski definition) is 1. The number of nitrogens with zero attached hydrogens (tertiary/aromatic N) is 2. The Balaban J connectivity index is 1.42. The predicted molar refractivity (Wildman–Crippen MR) is 108 cm³/mol. The summed E-state index contributed by atoms with van der Waals surface area (Å²) in [5, 5.41) is 0.849. The molecule has 0 radical (unpaired) electrons. The summed E-state index contributed by atoms with van der Waals surface area (Å²) in [7, 11) is -3.56. The zero-order valence-electron chi connectivity index (χ0n) is 15.8. The van der Waals surface area contributed by atoms with E-state index in [0.29, 0.717) is 24.0 Å². The van der Waals surface area contributed by atoms with Crippen molar-refractivity contribution in [2.24, 2.45) is 5.92 Å². The second-order valence-electron chi connectivity index (χ2n) is 7.98. The Labute approximate surface area is 162 Å². The van der Waals surface area contributed by atoms with Crippen LogP contribution in [0, 0.1) is 5.92 Å². The number of nitrogens with one attached hydrogen (secondary N) is 1. The molecule has 4 rings (SSSR count). The standard InChI is InChI=1S/C21H29N3O2S/c25-27(26,20-12-4-8-18-9-5-13-22-21(18)20)23-15-17-7-6-14-24(16-17)19-10-2-1-3-11-19/h4-5,8-9,12-13,17,19,23H,1-3,6-7,10-11,14-16H2. The molecular weight excluding hydrogens is 358 g/mol. The predicted octanol–water partition coefficient (Wildman–Crippen LogP) is 3.56. The van der Waals surface area contributed by atoms with Crippen LogP contribution in [0.25, 0.3) is 10.9 Å². The third kappa shape index (κ3) is 4.33. The molecule has 6 heteroatoms. The maximum absolute atomic E-state index is 12.9. The van der Waals surface area contributed by atoms with Gasteiger partial charge in [-0.1, -0.05) is 37.5 Å². The Hall–Kier alpha value is -1.50. The third-order valence-corrected chi connectivity index (χ3v) is 7.54. The first-order valence-corrected chi connectivity index (χ1v) is 11.7. The van der Waals surface area contributed by atoms with E-state index in [1.165, 1.54) is 45.1 Å². The van der Waals surface area contributed by atoms with Crippen molar-refractivity contribution in [3.05, 3.63) is 36.5 Å². The molecule has 2 aliphatic rings. The summed E-state index contributed by atoms with van der Waals surface area (Å²) in [6.07, 6.45) is 10.6. The van der Waals surface area contributed by atoms with E-state index in [1.807, 2.05) is 18.2 Å². The Morgan fingerprint density at radius 1 is 1.04 bits per heavy atom. The molecule has 146 valence electrons. The maximum Gasteiger partial charge on any atom is 0.242 e. The molecule has 1 atom stereocenters. The monoisotopic (exact) mass is 387 g/mol. The van der Waals surface area contributed by atoms with Crippen LogP contribution >= 0.6 is 0 Å². The minimum Gasteiger partial charge on any atom is -0.300 e. The first-order chi connectivity index (χ1) is 13.1. The van der Waals surface area contributed by atoms with Crippen molar-refractivity contribution in [2.75, 3.05) is 19.6 Å². The summed E-state index contributed by atoms with van der Waals surface area (Å²) in [4.78, 5) is 7.18. The highest BCUT2D eigenvalue weighted by Gasteiger charge is 2.28. The van der Waals surface area contributed by atoms with Gasteiger partial charge in [0.15, 0.2) is 0 Å². The first kappa shape index (κ1) is 18.8. The highest BCUT2D eigenvalue weighted by molar-refractivity contribution is 7.89. The van der Waals surface area contributed by atoms with Crippen molar-refractivity contribution in [3.63, 3.8) is 0 Å². The lowest BCUT2D eigenvalue weighted by atomic mass is 9.90. The second-order valence-corrected chi connectivity index (χ2v) is 9.71. The van der Waals surface area contributed by atoms with Crippen molar-refractivity contribution in [3.8, 4) is 0 Å². The van der Waals surface area contributed by atoms with Gasteiger partial charge in [-0.25, -0.2) is 13.1 Å². The fraction of sp³-hybridized carbons (Fsp3) is 0.571. The summed E-state index contributed by atoms with van der Waals surface area (Å²) in [6, 6.07) is 9.75. The molecule has 1 saturated heterocycles. The Morgan fingerprint density at radius 2 is 1.85 bits per heavy atom. The number of pyridine rings is 1. The number of para-hydroxylation sites is 1. The van der Waals surface area contributed by atoms with Gasteiger partial charge in [0, 0.05) is 30.7 Å². The van der Waals surface area contributed by atoms with Crippen LogP contribution in [0.4, 0.5) is 0 Å². The van der Waals surface area contributed by atoms with Gasteiger partial charge in [-0.05, 0) is 50.3 Å². The Bertz CT molecular complexity index is 873. The van der Waals surface area contributed by atoms with E-state index < -0.39 is 10.0 Å². The summed E-state index contributed by atoms with van der Waals surface area (Å²) in [5.41, 5.74) is 0.542. The lowest BCUT2D eigenvalue weighted by molar-refractivity contribution is 0.0998. The molecule has 0 bridgehead atoms. The third-order valence-electron chi connectivity index (χ3n) is 6.09. The number of aromatic nitrogens is 1. The van der Waals surface area contributed by atoms with Gasteiger partial charge in [0.25, 0.3) is 0 Å². The summed E-state index contributed by atoms with van der Waals surface area (Å²) < 4.78 is 28.7. The van der Waals surface area contributed by atoms with Crippen LogP contribution in [0.15, 0.2) is 41.4 Å². The molecule has 1 aliphatic carbocycles.